The quantitative estimate of drug-likeness (QED) is 0.146. The molecule has 0 atom stereocenters. The van der Waals surface area contributed by atoms with E-state index in [0.29, 0.717) is 0 Å². The first-order valence-electron chi connectivity index (χ1n) is 24.6. The van der Waals surface area contributed by atoms with Gasteiger partial charge in [0.15, 0.2) is 0 Å². The van der Waals surface area contributed by atoms with Crippen LogP contribution in [0, 0.1) is 0 Å². The summed E-state index contributed by atoms with van der Waals surface area (Å²) < 4.78 is 2.62. The van der Waals surface area contributed by atoms with E-state index in [9.17, 15) is 0 Å². The van der Waals surface area contributed by atoms with Crippen molar-refractivity contribution in [2.45, 2.75) is 0 Å². The molecule has 0 saturated heterocycles. The van der Waals surface area contributed by atoms with Gasteiger partial charge in [0.05, 0.1) is 0 Å². The summed E-state index contributed by atoms with van der Waals surface area (Å²) >= 11 is 1.91. The van der Waals surface area contributed by atoms with Crippen molar-refractivity contribution in [2.75, 3.05) is 0 Å². The minimum atomic E-state index is 1.20. The van der Waals surface area contributed by atoms with Gasteiger partial charge in [-0.25, -0.2) is 0 Å². The molecule has 13 aromatic carbocycles. The smallest absolute Gasteiger partial charge is 0.0434 e. The Morgan fingerprint density at radius 1 is 0.197 bits per heavy atom. The second-order valence-electron chi connectivity index (χ2n) is 19.0. The van der Waals surface area contributed by atoms with Crippen molar-refractivity contribution in [3.8, 4) is 89.0 Å². The maximum atomic E-state index is 2.49. The Morgan fingerprint density at radius 2 is 0.606 bits per heavy atom. The number of rotatable bonds is 6. The molecule has 0 amide bonds. The van der Waals surface area contributed by atoms with Crippen LogP contribution in [0.25, 0.3) is 152 Å². The van der Waals surface area contributed by atoms with Crippen LogP contribution in [-0.2, 0) is 0 Å². The summed E-state index contributed by atoms with van der Waals surface area (Å²) in [5.41, 5.74) is 20.0. The topological polar surface area (TPSA) is 0 Å². The van der Waals surface area contributed by atoms with Crippen LogP contribution in [0.2, 0.25) is 0 Å². The van der Waals surface area contributed by atoms with Crippen LogP contribution in [0.1, 0.15) is 0 Å². The van der Waals surface area contributed by atoms with E-state index in [1.165, 1.54) is 152 Å². The van der Waals surface area contributed by atoms with Gasteiger partial charge < -0.3 is 0 Å². The predicted octanol–water partition coefficient (Wildman–Crippen LogP) is 20.3. The van der Waals surface area contributed by atoms with Gasteiger partial charge in [-0.2, -0.15) is 0 Å². The van der Waals surface area contributed by atoms with Gasteiger partial charge in [-0.3, -0.25) is 0 Å². The van der Waals surface area contributed by atoms with Gasteiger partial charge in [0.25, 0.3) is 0 Å². The fourth-order valence-corrected chi connectivity index (χ4v) is 13.4. The molecule has 0 unspecified atom stereocenters. The summed E-state index contributed by atoms with van der Waals surface area (Å²) in [6.07, 6.45) is 0. The SMILES string of the molecule is c1ccc(-c2c(-c3ccccc3)c(-c3ccccc3)c3c(c2-c2ccccc2)-c2cccc4c(-c5cc(-c6ccc7c8ccccc8c8ccccc8c7c6)cc6c5sc5ccccc56)ccc-3c24)cc1. The molecule has 0 bridgehead atoms. The van der Waals surface area contributed by atoms with Crippen molar-refractivity contribution >= 4 is 74.6 Å². The zero-order valence-electron chi connectivity index (χ0n) is 38.7. The largest absolute Gasteiger partial charge is 0.135 e. The number of benzene rings is 13. The molecule has 0 N–H and O–H groups in total. The minimum Gasteiger partial charge on any atom is -0.135 e. The minimum absolute atomic E-state index is 1.20. The number of hydrogen-bond acceptors (Lipinski definition) is 1. The highest BCUT2D eigenvalue weighted by Crippen LogP contribution is 2.62. The third-order valence-electron chi connectivity index (χ3n) is 15.2. The summed E-state index contributed by atoms with van der Waals surface area (Å²) in [7, 11) is 0. The van der Waals surface area contributed by atoms with Crippen molar-refractivity contribution in [3.05, 3.63) is 255 Å². The van der Waals surface area contributed by atoms with E-state index in [-0.39, 0.29) is 0 Å². The van der Waals surface area contributed by atoms with E-state index in [4.69, 9.17) is 0 Å². The summed E-state index contributed by atoms with van der Waals surface area (Å²) in [4.78, 5) is 0. The number of fused-ring (bicyclic) bond motifs is 12. The second kappa shape index (κ2) is 15.8. The van der Waals surface area contributed by atoms with Crippen molar-refractivity contribution in [2.24, 2.45) is 0 Å². The molecule has 0 spiro atoms. The summed E-state index contributed by atoms with van der Waals surface area (Å²) in [5.74, 6) is 0. The second-order valence-corrected chi connectivity index (χ2v) is 20.0. The van der Waals surface area contributed by atoms with E-state index < -0.39 is 0 Å². The Labute approximate surface area is 416 Å². The number of hydrogen-bond donors (Lipinski definition) is 0. The zero-order valence-corrected chi connectivity index (χ0v) is 39.5. The van der Waals surface area contributed by atoms with Crippen LogP contribution in [0.15, 0.2) is 255 Å². The van der Waals surface area contributed by atoms with Crippen LogP contribution in [0.5, 0.6) is 0 Å². The van der Waals surface area contributed by atoms with Crippen LogP contribution < -0.4 is 0 Å². The van der Waals surface area contributed by atoms with E-state index in [0.717, 1.165) is 0 Å². The molecular weight excluding hydrogens is 873 g/mol. The standard InChI is InChI=1S/C70H42S/c1-5-20-43(21-6-1)63-64(44-22-7-2-8-23-44)66(46-26-11-4-12-27-46)69-58-39-38-54(56-33-19-34-57(67(56)58)68(69)65(63)45-24-9-3-10-25-45)60-41-48(42-61-55-32-17-18-35-62(55)71-70(60)61)47-36-37-53-51-30-14-13-28-49(51)50-29-15-16-31-52(50)59(53)40-47/h1-42H. The Hall–Kier alpha value is -8.88. The lowest BCUT2D eigenvalue weighted by Crippen LogP contribution is -1.99. The fourth-order valence-electron chi connectivity index (χ4n) is 12.2. The zero-order chi connectivity index (χ0) is 46.6. The van der Waals surface area contributed by atoms with Gasteiger partial charge in [0, 0.05) is 25.7 Å². The molecule has 71 heavy (non-hydrogen) atoms. The van der Waals surface area contributed by atoms with Crippen LogP contribution in [0.3, 0.4) is 0 Å². The predicted molar refractivity (Wildman–Crippen MR) is 306 cm³/mol. The van der Waals surface area contributed by atoms with Gasteiger partial charge in [-0.05, 0) is 151 Å². The number of thiophene rings is 1. The molecule has 15 rings (SSSR count). The van der Waals surface area contributed by atoms with Crippen molar-refractivity contribution in [1.29, 1.82) is 0 Å². The molecule has 1 heteroatoms. The van der Waals surface area contributed by atoms with E-state index in [1.54, 1.807) is 0 Å². The molecule has 0 saturated carbocycles. The Balaban J connectivity index is 1.05. The third kappa shape index (κ3) is 6.04. The van der Waals surface area contributed by atoms with E-state index in [1.807, 2.05) is 11.3 Å². The summed E-state index contributed by atoms with van der Waals surface area (Å²) in [6.45, 7) is 0. The summed E-state index contributed by atoms with van der Waals surface area (Å²) in [5, 5.41) is 12.9. The van der Waals surface area contributed by atoms with Gasteiger partial charge in [-0.1, -0.05) is 231 Å². The van der Waals surface area contributed by atoms with Crippen LogP contribution in [0.4, 0.5) is 0 Å². The van der Waals surface area contributed by atoms with Crippen molar-refractivity contribution in [3.63, 3.8) is 0 Å². The third-order valence-corrected chi connectivity index (χ3v) is 16.4. The lowest BCUT2D eigenvalue weighted by molar-refractivity contribution is 1.54. The highest BCUT2D eigenvalue weighted by molar-refractivity contribution is 7.26. The average molecular weight is 915 g/mol. The molecule has 0 fully saturated rings. The van der Waals surface area contributed by atoms with Gasteiger partial charge in [-0.15, -0.1) is 11.3 Å². The first-order valence-corrected chi connectivity index (χ1v) is 25.4. The Morgan fingerprint density at radius 3 is 1.15 bits per heavy atom. The van der Waals surface area contributed by atoms with Gasteiger partial charge >= 0.3 is 0 Å². The molecular formula is C70H42S. The molecule has 0 radical (unpaired) electrons. The monoisotopic (exact) mass is 914 g/mol. The first-order chi connectivity index (χ1) is 35.3. The van der Waals surface area contributed by atoms with Gasteiger partial charge in [0.2, 0.25) is 0 Å². The fraction of sp³-hybridized carbons (Fsp3) is 0. The first kappa shape index (κ1) is 40.0. The van der Waals surface area contributed by atoms with Crippen molar-refractivity contribution < 1.29 is 0 Å². The molecule has 14 aromatic rings. The summed E-state index contributed by atoms with van der Waals surface area (Å²) in [6, 6.07) is 95.1. The molecule has 0 aliphatic heterocycles. The van der Waals surface area contributed by atoms with E-state index in [2.05, 4.69) is 255 Å². The average Bonchev–Trinajstić information content (AvgIpc) is 4.00. The molecule has 0 nitrogen and oxygen atoms in total. The highest BCUT2D eigenvalue weighted by Gasteiger charge is 2.34. The maximum absolute atomic E-state index is 2.49. The molecule has 1 aliphatic carbocycles. The van der Waals surface area contributed by atoms with Crippen LogP contribution >= 0.6 is 11.3 Å². The van der Waals surface area contributed by atoms with Crippen LogP contribution in [-0.4, -0.2) is 0 Å². The lowest BCUT2D eigenvalue weighted by atomic mass is 9.76. The Kier molecular flexibility index (Phi) is 8.93. The molecule has 328 valence electrons. The lowest BCUT2D eigenvalue weighted by Gasteiger charge is -2.26. The maximum Gasteiger partial charge on any atom is 0.0434 e. The van der Waals surface area contributed by atoms with Gasteiger partial charge in [0.1, 0.15) is 0 Å². The molecule has 1 aromatic heterocycles. The van der Waals surface area contributed by atoms with Crippen molar-refractivity contribution in [1.82, 2.24) is 0 Å². The van der Waals surface area contributed by atoms with E-state index >= 15 is 0 Å². The molecule has 1 heterocycles. The normalized spacial score (nSPS) is 11.9. The molecule has 1 aliphatic rings. The highest BCUT2D eigenvalue weighted by atomic mass is 32.1. The Bertz CT molecular complexity index is 4320.